The van der Waals surface area contributed by atoms with Gasteiger partial charge in [-0.3, -0.25) is 13.9 Å². The maximum atomic E-state index is 13.2. The topological polar surface area (TPSA) is 363 Å². The van der Waals surface area contributed by atoms with Crippen molar-refractivity contribution in [2.24, 2.45) is 0 Å². The maximum absolute atomic E-state index is 13.2. The van der Waals surface area contributed by atoms with Gasteiger partial charge >= 0.3 is 29.6 Å². The van der Waals surface area contributed by atoms with Crippen LogP contribution in [0.2, 0.25) is 0 Å². The Kier molecular flexibility index (Phi) is 15.0. The number of ketones is 1. The zero-order chi connectivity index (χ0) is 44.1. The number of fused-ring (bicyclic) bond motifs is 2. The van der Waals surface area contributed by atoms with Crippen LogP contribution in [0.15, 0.2) is 48.5 Å². The Bertz CT molecular complexity index is 2120. The molecule has 3 aromatic carbocycles. The monoisotopic (exact) mass is 908 g/mol. The number of phosphoric ester groups is 1. The fourth-order valence-corrected chi connectivity index (χ4v) is 8.05. The molecule has 0 saturated carbocycles. The number of benzene rings is 3. The van der Waals surface area contributed by atoms with Crippen LogP contribution in [0.25, 0.3) is 0 Å². The van der Waals surface area contributed by atoms with Gasteiger partial charge in [0.1, 0.15) is 71.6 Å². The Balaban J connectivity index is 0.00000641. The fourth-order valence-electron chi connectivity index (χ4n) is 7.23. The number of ether oxygens (including phenoxy) is 7. The van der Waals surface area contributed by atoms with Gasteiger partial charge in [0.15, 0.2) is 60.0 Å². The Labute approximate surface area is 372 Å². The molecule has 0 radical (unpaired) electrons. The van der Waals surface area contributed by atoms with E-state index in [0.29, 0.717) is 0 Å². The van der Waals surface area contributed by atoms with Crippen molar-refractivity contribution in [3.8, 4) is 40.2 Å². The van der Waals surface area contributed by atoms with E-state index >= 15 is 0 Å². The summed E-state index contributed by atoms with van der Waals surface area (Å²) in [7, 11) is -4.27. The summed E-state index contributed by atoms with van der Waals surface area (Å²) in [6.45, 7) is -2.65. The number of aliphatic hydroxyl groups excluding tert-OH is 8. The van der Waals surface area contributed by atoms with Crippen LogP contribution in [-0.2, 0) is 27.8 Å². The predicted octanol–water partition coefficient (Wildman–Crippen LogP) is -5.50. The first-order chi connectivity index (χ1) is 28.9. The third-order valence-corrected chi connectivity index (χ3v) is 11.3. The summed E-state index contributed by atoms with van der Waals surface area (Å²) in [5.41, 5.74) is 0.110. The molecule has 3 aromatic rings. The number of hydrogen-bond acceptors (Lipinski definition) is 23. The maximum Gasteiger partial charge on any atom is 1.00 e. The van der Waals surface area contributed by atoms with E-state index in [2.05, 4.69) is 0 Å². The van der Waals surface area contributed by atoms with Crippen LogP contribution in [0, 0.1) is 0 Å². The largest absolute Gasteiger partial charge is 1.00 e. The summed E-state index contributed by atoms with van der Waals surface area (Å²) in [5, 5.41) is 113. The smallest absolute Gasteiger partial charge is 0.756 e. The van der Waals surface area contributed by atoms with Crippen LogP contribution < -0.4 is 53.4 Å². The van der Waals surface area contributed by atoms with Crippen LogP contribution in [0.3, 0.4) is 0 Å². The van der Waals surface area contributed by atoms with Gasteiger partial charge in [0.2, 0.25) is 5.78 Å². The SMILES string of the molecule is COc1cc([C@H]2Oc3cc([C@H]4Oc5cc(O)cc(O)c5C(=O)[C@@H]4O)ccc3O[C@H]2COP(=O)([O-])OC2O[C@H](CO)[C@H](OC3O[C@H](CO)[C@H](O)[C@H](O)[C@H]3O)[C@H](O)[C@H]2O)ccc1O.[Na+]. The first-order valence-corrected chi connectivity index (χ1v) is 19.9. The molecule has 4 aliphatic rings. The van der Waals surface area contributed by atoms with Gasteiger partial charge < -0.3 is 98.7 Å². The van der Waals surface area contributed by atoms with E-state index in [0.717, 1.165) is 12.1 Å². The van der Waals surface area contributed by atoms with E-state index in [1.807, 2.05) is 0 Å². The fraction of sp³-hybridized carbons (Fsp3) is 0.486. The Hall–Kier alpha value is -3.40. The van der Waals surface area contributed by atoms with Gasteiger partial charge in [0, 0.05) is 17.7 Å². The quantitative estimate of drug-likeness (QED) is 0.0596. The Morgan fingerprint density at radius 2 is 1.34 bits per heavy atom. The molecule has 334 valence electrons. The summed E-state index contributed by atoms with van der Waals surface area (Å²) in [6, 6.07) is 10.2. The molecule has 0 aliphatic carbocycles. The molecule has 23 nitrogen and oxygen atoms in total. The molecule has 3 unspecified atom stereocenters. The standard InChI is InChI=1S/C37H43O23P.Na/c1-52-19-6-13(2-4-16(19)41)33-24(54-18-5-3-14(7-20(18)55-33)34-29(46)27(44)25-17(42)8-15(40)9-21(25)56-34)12-53-61(50,51)60-37-32(49)30(47)35(23(11-39)58-37)59-36-31(48)28(45)26(43)22(10-38)57-36;/h2-9,22-24,26,28-43,45-49H,10-12H2,1H3,(H,50,51);/q;+1/p-1/t22-,23-,24+,26+,28+,29+,30-,31-,32-,33-,34-,35+,36?,37?;/m1./s1. The van der Waals surface area contributed by atoms with Crippen LogP contribution in [0.1, 0.15) is 33.7 Å². The number of phenols is 3. The number of phosphoric acid groups is 1. The minimum atomic E-state index is -5.55. The second-order valence-corrected chi connectivity index (χ2v) is 15.7. The number of hydrogen-bond donors (Lipinski definition) is 11. The van der Waals surface area contributed by atoms with E-state index in [1.165, 1.54) is 43.5 Å². The first-order valence-electron chi connectivity index (χ1n) is 18.5. The summed E-state index contributed by atoms with van der Waals surface area (Å²) in [5.74, 6) is -2.33. The predicted molar refractivity (Wildman–Crippen MR) is 193 cm³/mol. The number of phenolic OH excluding ortho intramolecular Hbond substituents is 3. The van der Waals surface area contributed by atoms with Crippen LogP contribution in [0.5, 0.6) is 40.2 Å². The zero-order valence-corrected chi connectivity index (χ0v) is 35.5. The van der Waals surface area contributed by atoms with Gasteiger partial charge in [-0.2, -0.15) is 0 Å². The average molecular weight is 909 g/mol. The number of aromatic hydroxyl groups is 3. The molecular weight excluding hydrogens is 866 g/mol. The van der Waals surface area contributed by atoms with Crippen LogP contribution in [0.4, 0.5) is 0 Å². The van der Waals surface area contributed by atoms with Crippen molar-refractivity contribution in [2.75, 3.05) is 26.9 Å². The van der Waals surface area contributed by atoms with E-state index in [-0.39, 0.29) is 75.0 Å². The molecule has 25 heteroatoms. The van der Waals surface area contributed by atoms with E-state index < -0.39 is 131 Å². The molecule has 4 heterocycles. The minimum absolute atomic E-state index is 0. The molecule has 11 N–H and O–H groups in total. The molecule has 7 rings (SSSR count). The third kappa shape index (κ3) is 9.52. The van der Waals surface area contributed by atoms with Crippen molar-refractivity contribution in [3.05, 3.63) is 65.2 Å². The molecule has 4 aliphatic heterocycles. The number of carbonyl (C=O) groups excluding carboxylic acids is 1. The van der Waals surface area contributed by atoms with Crippen molar-refractivity contribution in [3.63, 3.8) is 0 Å². The first kappa shape index (κ1) is 48.1. The van der Waals surface area contributed by atoms with Gasteiger partial charge in [-0.1, -0.05) is 12.1 Å². The zero-order valence-electron chi connectivity index (χ0n) is 32.6. The molecule has 15 atom stereocenters. The van der Waals surface area contributed by atoms with Crippen molar-refractivity contribution in [1.82, 2.24) is 0 Å². The van der Waals surface area contributed by atoms with Gasteiger partial charge in [0.25, 0.3) is 7.82 Å². The summed E-state index contributed by atoms with van der Waals surface area (Å²) < 4.78 is 62.9. The van der Waals surface area contributed by atoms with E-state index in [1.54, 1.807) is 0 Å². The third-order valence-electron chi connectivity index (χ3n) is 10.4. The molecule has 0 aromatic heterocycles. The van der Waals surface area contributed by atoms with Gasteiger partial charge in [-0.05, 0) is 29.8 Å². The molecule has 0 spiro atoms. The molecule has 0 bridgehead atoms. The summed E-state index contributed by atoms with van der Waals surface area (Å²) >= 11 is 0. The molecule has 62 heavy (non-hydrogen) atoms. The molecule has 2 saturated heterocycles. The molecule has 2 fully saturated rings. The second kappa shape index (κ2) is 19.4. The summed E-state index contributed by atoms with van der Waals surface area (Å²) in [4.78, 5) is 26.3. The number of methoxy groups -OCH3 is 1. The number of Topliss-reactive ketones (excluding diaryl/α,β-unsaturated/α-hetero) is 1. The molecule has 0 amide bonds. The number of carbonyl (C=O) groups is 1. The second-order valence-electron chi connectivity index (χ2n) is 14.4. The van der Waals surface area contributed by atoms with Gasteiger partial charge in [-0.15, -0.1) is 0 Å². The van der Waals surface area contributed by atoms with Crippen LogP contribution >= 0.6 is 7.82 Å². The van der Waals surface area contributed by atoms with E-state index in [4.69, 9.17) is 42.2 Å². The van der Waals surface area contributed by atoms with Crippen molar-refractivity contribution < 1.29 is 142 Å². The van der Waals surface area contributed by atoms with E-state index in [9.17, 15) is 70.4 Å². The van der Waals surface area contributed by atoms with Crippen LogP contribution in [-0.4, -0.2) is 163 Å². The van der Waals surface area contributed by atoms with Crippen molar-refractivity contribution in [2.45, 2.75) is 85.8 Å². The average Bonchev–Trinajstić information content (AvgIpc) is 3.23. The summed E-state index contributed by atoms with van der Waals surface area (Å²) in [6.07, 6.45) is -24.5. The normalized spacial score (nSPS) is 33.9. The number of aliphatic hydroxyl groups is 8. The Morgan fingerprint density at radius 1 is 0.694 bits per heavy atom. The Morgan fingerprint density at radius 3 is 2.03 bits per heavy atom. The van der Waals surface area contributed by atoms with Gasteiger partial charge in [0.05, 0.1) is 26.9 Å². The van der Waals surface area contributed by atoms with Crippen molar-refractivity contribution in [1.29, 1.82) is 0 Å². The number of rotatable bonds is 12. The molecular formula is C37H42NaO23P. The van der Waals surface area contributed by atoms with Gasteiger partial charge in [-0.25, -0.2) is 0 Å². The van der Waals surface area contributed by atoms with Crippen molar-refractivity contribution >= 4 is 13.6 Å². The minimum Gasteiger partial charge on any atom is -0.756 e.